The van der Waals surface area contributed by atoms with Crippen LogP contribution in [0.5, 0.6) is 0 Å². The van der Waals surface area contributed by atoms with Gasteiger partial charge in [-0.25, -0.2) is 4.98 Å². The van der Waals surface area contributed by atoms with E-state index in [1.54, 1.807) is 0 Å². The minimum Gasteiger partial charge on any atom is -0.394 e. The van der Waals surface area contributed by atoms with Gasteiger partial charge in [-0.1, -0.05) is 0 Å². The SMILES string of the molecule is CCNc1ncc(C)c(N2CCC(OCCO)CC2)n1. The molecular formula is C14H24N4O2. The average molecular weight is 280 g/mol. The van der Waals surface area contributed by atoms with E-state index in [2.05, 4.69) is 20.2 Å². The van der Waals surface area contributed by atoms with Crippen molar-refractivity contribution in [3.05, 3.63) is 11.8 Å². The van der Waals surface area contributed by atoms with Crippen molar-refractivity contribution in [2.24, 2.45) is 0 Å². The number of nitrogens with zero attached hydrogens (tertiary/aromatic N) is 3. The highest BCUT2D eigenvalue weighted by molar-refractivity contribution is 5.49. The van der Waals surface area contributed by atoms with Crippen LogP contribution in [0, 0.1) is 6.92 Å². The second-order valence-electron chi connectivity index (χ2n) is 5.01. The van der Waals surface area contributed by atoms with E-state index in [4.69, 9.17) is 9.84 Å². The lowest BCUT2D eigenvalue weighted by atomic mass is 10.1. The molecule has 1 fully saturated rings. The summed E-state index contributed by atoms with van der Waals surface area (Å²) >= 11 is 0. The molecule has 1 saturated heterocycles. The zero-order valence-corrected chi connectivity index (χ0v) is 12.3. The molecule has 2 heterocycles. The van der Waals surface area contributed by atoms with Crippen molar-refractivity contribution >= 4 is 11.8 Å². The molecule has 2 N–H and O–H groups in total. The normalized spacial score (nSPS) is 16.4. The topological polar surface area (TPSA) is 70.5 Å². The molecule has 0 aromatic carbocycles. The summed E-state index contributed by atoms with van der Waals surface area (Å²) in [6.07, 6.45) is 4.07. The van der Waals surface area contributed by atoms with E-state index >= 15 is 0 Å². The third-order valence-corrected chi connectivity index (χ3v) is 3.47. The van der Waals surface area contributed by atoms with Crippen LogP contribution < -0.4 is 10.2 Å². The number of nitrogens with one attached hydrogen (secondary N) is 1. The molecule has 0 bridgehead atoms. The molecule has 0 unspecified atom stereocenters. The Morgan fingerprint density at radius 1 is 1.45 bits per heavy atom. The van der Waals surface area contributed by atoms with Gasteiger partial charge in [0.1, 0.15) is 5.82 Å². The van der Waals surface area contributed by atoms with Gasteiger partial charge >= 0.3 is 0 Å². The lowest BCUT2D eigenvalue weighted by Gasteiger charge is -2.33. The van der Waals surface area contributed by atoms with Crippen molar-refractivity contribution < 1.29 is 9.84 Å². The molecule has 0 spiro atoms. The number of hydrogen-bond donors (Lipinski definition) is 2. The molecular weight excluding hydrogens is 256 g/mol. The van der Waals surface area contributed by atoms with Crippen LogP contribution in [0.1, 0.15) is 25.3 Å². The summed E-state index contributed by atoms with van der Waals surface area (Å²) in [6, 6.07) is 0. The second kappa shape index (κ2) is 7.40. The molecule has 1 aromatic rings. The summed E-state index contributed by atoms with van der Waals surface area (Å²) in [5, 5.41) is 11.9. The standard InChI is InChI=1S/C14H24N4O2/c1-3-15-14-16-10-11(2)13(17-14)18-6-4-12(5-7-18)20-9-8-19/h10,12,19H,3-9H2,1-2H3,(H,15,16,17). The largest absolute Gasteiger partial charge is 0.394 e. The first kappa shape index (κ1) is 15.0. The molecule has 0 saturated carbocycles. The lowest BCUT2D eigenvalue weighted by Crippen LogP contribution is -2.38. The molecule has 1 aliphatic rings. The van der Waals surface area contributed by atoms with Crippen molar-refractivity contribution in [2.75, 3.05) is 43.1 Å². The van der Waals surface area contributed by atoms with Crippen LogP contribution in [0.3, 0.4) is 0 Å². The molecule has 0 aliphatic carbocycles. The Labute approximate surface area is 120 Å². The van der Waals surface area contributed by atoms with Crippen molar-refractivity contribution in [3.63, 3.8) is 0 Å². The number of piperidine rings is 1. The molecule has 6 heteroatoms. The Kier molecular flexibility index (Phi) is 5.55. The zero-order chi connectivity index (χ0) is 14.4. The number of hydrogen-bond acceptors (Lipinski definition) is 6. The summed E-state index contributed by atoms with van der Waals surface area (Å²) in [4.78, 5) is 11.2. The quantitative estimate of drug-likeness (QED) is 0.816. The number of anilines is 2. The van der Waals surface area contributed by atoms with Gasteiger partial charge in [-0.15, -0.1) is 0 Å². The first-order chi connectivity index (χ1) is 9.74. The Hall–Kier alpha value is -1.40. The summed E-state index contributed by atoms with van der Waals surface area (Å²) < 4.78 is 5.59. The summed E-state index contributed by atoms with van der Waals surface area (Å²) in [7, 11) is 0. The molecule has 0 amide bonds. The number of aromatic nitrogens is 2. The summed E-state index contributed by atoms with van der Waals surface area (Å²) in [5.74, 6) is 1.70. The Balaban J connectivity index is 1.97. The van der Waals surface area contributed by atoms with Crippen LogP contribution in [0.2, 0.25) is 0 Å². The van der Waals surface area contributed by atoms with Gasteiger partial charge in [0, 0.05) is 31.4 Å². The first-order valence-electron chi connectivity index (χ1n) is 7.29. The van der Waals surface area contributed by atoms with Gasteiger partial charge in [-0.2, -0.15) is 4.98 Å². The molecule has 1 aromatic heterocycles. The van der Waals surface area contributed by atoms with E-state index in [1.165, 1.54) is 0 Å². The maximum atomic E-state index is 8.79. The van der Waals surface area contributed by atoms with E-state index in [0.717, 1.165) is 43.9 Å². The van der Waals surface area contributed by atoms with E-state index < -0.39 is 0 Å². The third kappa shape index (κ3) is 3.80. The number of aliphatic hydroxyl groups is 1. The van der Waals surface area contributed by atoms with Crippen LogP contribution >= 0.6 is 0 Å². The molecule has 2 rings (SSSR count). The highest BCUT2D eigenvalue weighted by Crippen LogP contribution is 2.23. The fourth-order valence-electron chi connectivity index (χ4n) is 2.45. The Morgan fingerprint density at radius 2 is 2.20 bits per heavy atom. The number of ether oxygens (including phenoxy) is 1. The van der Waals surface area contributed by atoms with E-state index in [1.807, 2.05) is 20.0 Å². The van der Waals surface area contributed by atoms with Crippen LogP contribution in [0.15, 0.2) is 6.20 Å². The van der Waals surface area contributed by atoms with Crippen molar-refractivity contribution in [2.45, 2.75) is 32.8 Å². The molecule has 112 valence electrons. The fourth-order valence-corrected chi connectivity index (χ4v) is 2.45. The van der Waals surface area contributed by atoms with Crippen LogP contribution in [0.25, 0.3) is 0 Å². The average Bonchev–Trinajstić information content (AvgIpc) is 2.48. The maximum Gasteiger partial charge on any atom is 0.224 e. The van der Waals surface area contributed by atoms with Crippen LogP contribution in [0.4, 0.5) is 11.8 Å². The van der Waals surface area contributed by atoms with Crippen LogP contribution in [-0.4, -0.2) is 54.0 Å². The number of rotatable bonds is 6. The lowest BCUT2D eigenvalue weighted by molar-refractivity contribution is 0.0158. The minimum atomic E-state index is 0.0945. The van der Waals surface area contributed by atoms with Gasteiger partial charge < -0.3 is 20.1 Å². The molecule has 0 atom stereocenters. The van der Waals surface area contributed by atoms with Crippen LogP contribution in [-0.2, 0) is 4.74 Å². The van der Waals surface area contributed by atoms with E-state index in [0.29, 0.717) is 12.6 Å². The predicted molar refractivity (Wildman–Crippen MR) is 79.2 cm³/mol. The summed E-state index contributed by atoms with van der Waals surface area (Å²) in [5.41, 5.74) is 1.10. The van der Waals surface area contributed by atoms with Crippen molar-refractivity contribution in [1.29, 1.82) is 0 Å². The zero-order valence-electron chi connectivity index (χ0n) is 12.3. The highest BCUT2D eigenvalue weighted by Gasteiger charge is 2.22. The molecule has 20 heavy (non-hydrogen) atoms. The third-order valence-electron chi connectivity index (χ3n) is 3.47. The minimum absolute atomic E-state index is 0.0945. The monoisotopic (exact) mass is 280 g/mol. The van der Waals surface area contributed by atoms with E-state index in [9.17, 15) is 0 Å². The Bertz CT molecular complexity index is 420. The smallest absolute Gasteiger partial charge is 0.224 e. The number of aryl methyl sites for hydroxylation is 1. The van der Waals surface area contributed by atoms with Crippen molar-refractivity contribution in [3.8, 4) is 0 Å². The molecule has 0 radical (unpaired) electrons. The molecule has 1 aliphatic heterocycles. The van der Waals surface area contributed by atoms with Gasteiger partial charge in [0.25, 0.3) is 0 Å². The predicted octanol–water partition coefficient (Wildman–Crippen LogP) is 1.19. The van der Waals surface area contributed by atoms with Gasteiger partial charge in [0.15, 0.2) is 0 Å². The van der Waals surface area contributed by atoms with Crippen molar-refractivity contribution in [1.82, 2.24) is 9.97 Å². The highest BCUT2D eigenvalue weighted by atomic mass is 16.5. The van der Waals surface area contributed by atoms with Gasteiger partial charge in [0.2, 0.25) is 5.95 Å². The first-order valence-corrected chi connectivity index (χ1v) is 7.29. The van der Waals surface area contributed by atoms with Gasteiger partial charge in [0.05, 0.1) is 19.3 Å². The van der Waals surface area contributed by atoms with E-state index in [-0.39, 0.29) is 12.7 Å². The number of aliphatic hydroxyl groups excluding tert-OH is 1. The van der Waals surface area contributed by atoms with Gasteiger partial charge in [-0.3, -0.25) is 0 Å². The van der Waals surface area contributed by atoms with Gasteiger partial charge in [-0.05, 0) is 26.7 Å². The fraction of sp³-hybridized carbons (Fsp3) is 0.714. The summed E-state index contributed by atoms with van der Waals surface area (Å²) in [6.45, 7) is 7.28. The second-order valence-corrected chi connectivity index (χ2v) is 5.01. The maximum absolute atomic E-state index is 8.79. The Morgan fingerprint density at radius 3 is 2.85 bits per heavy atom. The molecule has 6 nitrogen and oxygen atoms in total.